The molecule has 0 aromatic rings. The Hall–Kier alpha value is -0.200. The van der Waals surface area contributed by atoms with E-state index in [0.717, 1.165) is 0 Å². The Balaban J connectivity index is 2.16. The second kappa shape index (κ2) is 2.40. The summed E-state index contributed by atoms with van der Waals surface area (Å²) in [6.45, 7) is 0.236. The number of hydrogen-bond acceptors (Lipinski definition) is 5. The van der Waals surface area contributed by atoms with E-state index in [1.807, 2.05) is 0 Å². The molecule has 2 saturated heterocycles. The number of fused-ring (bicyclic) bond motifs is 2. The average Bonchev–Trinajstić information content (AvgIpc) is 2.44. The first-order valence-electron chi connectivity index (χ1n) is 3.51. The summed E-state index contributed by atoms with van der Waals surface area (Å²) in [6, 6.07) is 0. The van der Waals surface area contributed by atoms with E-state index < -0.39 is 30.7 Å². The van der Waals surface area contributed by atoms with Gasteiger partial charge in [-0.15, -0.1) is 0 Å². The molecule has 0 radical (unpaired) electrons. The first-order valence-corrected chi connectivity index (χ1v) is 3.51. The Morgan fingerprint density at radius 3 is 2.45 bits per heavy atom. The minimum Gasteiger partial charge on any atom is -0.387 e. The summed E-state index contributed by atoms with van der Waals surface area (Å²) in [4.78, 5) is 0. The molecule has 3 N–H and O–H groups in total. The van der Waals surface area contributed by atoms with Crippen LogP contribution in [0.15, 0.2) is 0 Å². The van der Waals surface area contributed by atoms with E-state index in [0.29, 0.717) is 0 Å². The second-order valence-electron chi connectivity index (χ2n) is 2.85. The number of hydrogen-bond donors (Lipinski definition) is 3. The fraction of sp³-hybridized carbons (Fsp3) is 1.00. The van der Waals surface area contributed by atoms with Gasteiger partial charge < -0.3 is 24.8 Å². The van der Waals surface area contributed by atoms with Crippen LogP contribution in [0.2, 0.25) is 0 Å². The van der Waals surface area contributed by atoms with Crippen molar-refractivity contribution in [1.29, 1.82) is 0 Å². The quantitative estimate of drug-likeness (QED) is 0.377. The van der Waals surface area contributed by atoms with E-state index in [-0.39, 0.29) is 6.61 Å². The van der Waals surface area contributed by atoms with Gasteiger partial charge in [0.25, 0.3) is 0 Å². The Bertz CT molecular complexity index is 141. The van der Waals surface area contributed by atoms with E-state index in [9.17, 15) is 10.2 Å². The highest BCUT2D eigenvalue weighted by Gasteiger charge is 2.48. The first kappa shape index (κ1) is 7.45. The van der Waals surface area contributed by atoms with Gasteiger partial charge in [-0.3, -0.25) is 0 Å². The van der Waals surface area contributed by atoms with Crippen LogP contribution < -0.4 is 0 Å². The summed E-state index contributed by atoms with van der Waals surface area (Å²) in [5, 5.41) is 27.6. The van der Waals surface area contributed by atoms with Gasteiger partial charge in [0.15, 0.2) is 6.29 Å². The summed E-state index contributed by atoms with van der Waals surface area (Å²) in [7, 11) is 0. The van der Waals surface area contributed by atoms with Crippen LogP contribution in [0.1, 0.15) is 0 Å². The predicted octanol–water partition coefficient (Wildman–Crippen LogP) is -2.18. The van der Waals surface area contributed by atoms with Gasteiger partial charge in [0.05, 0.1) is 6.61 Å². The van der Waals surface area contributed by atoms with Crippen LogP contribution in [0.25, 0.3) is 0 Å². The third-order valence-electron chi connectivity index (χ3n) is 2.09. The van der Waals surface area contributed by atoms with Crippen LogP contribution in [-0.2, 0) is 9.47 Å². The average molecular weight is 162 g/mol. The van der Waals surface area contributed by atoms with Gasteiger partial charge in [0.1, 0.15) is 24.4 Å². The lowest BCUT2D eigenvalue weighted by molar-refractivity contribution is -0.228. The highest BCUT2D eigenvalue weighted by atomic mass is 16.7. The Morgan fingerprint density at radius 1 is 1.00 bits per heavy atom. The summed E-state index contributed by atoms with van der Waals surface area (Å²) >= 11 is 0. The zero-order valence-corrected chi connectivity index (χ0v) is 5.75. The topological polar surface area (TPSA) is 79.2 Å². The molecule has 2 fully saturated rings. The molecule has 2 heterocycles. The van der Waals surface area contributed by atoms with Crippen LogP contribution in [0.3, 0.4) is 0 Å². The Labute approximate surface area is 63.2 Å². The van der Waals surface area contributed by atoms with Crippen LogP contribution in [0, 0.1) is 0 Å². The van der Waals surface area contributed by atoms with Crippen molar-refractivity contribution >= 4 is 0 Å². The van der Waals surface area contributed by atoms with E-state index in [2.05, 4.69) is 0 Å². The lowest BCUT2D eigenvalue weighted by atomic mass is 10.0. The maximum absolute atomic E-state index is 9.22. The predicted molar refractivity (Wildman–Crippen MR) is 32.6 cm³/mol. The highest BCUT2D eigenvalue weighted by Crippen LogP contribution is 2.27. The normalized spacial score (nSPS) is 56.5. The molecular weight excluding hydrogens is 152 g/mol. The zero-order chi connectivity index (χ0) is 8.01. The van der Waals surface area contributed by atoms with Crippen molar-refractivity contribution in [3.63, 3.8) is 0 Å². The van der Waals surface area contributed by atoms with Gasteiger partial charge in [0, 0.05) is 0 Å². The molecule has 0 amide bonds. The molecule has 64 valence electrons. The van der Waals surface area contributed by atoms with Gasteiger partial charge in [-0.25, -0.2) is 0 Å². The van der Waals surface area contributed by atoms with Crippen LogP contribution in [0.4, 0.5) is 0 Å². The minimum absolute atomic E-state index is 0.236. The van der Waals surface area contributed by atoms with E-state index in [1.165, 1.54) is 0 Å². The van der Waals surface area contributed by atoms with Crippen molar-refractivity contribution in [1.82, 2.24) is 0 Å². The third-order valence-corrected chi connectivity index (χ3v) is 2.09. The number of aliphatic hydroxyl groups is 3. The Kier molecular flexibility index (Phi) is 1.62. The molecule has 2 aliphatic rings. The molecule has 0 aromatic heterocycles. The van der Waals surface area contributed by atoms with E-state index in [1.54, 1.807) is 0 Å². The molecule has 11 heavy (non-hydrogen) atoms. The molecule has 5 heteroatoms. The van der Waals surface area contributed by atoms with Crippen LogP contribution >= 0.6 is 0 Å². The molecular formula is C6H10O5. The second-order valence-corrected chi connectivity index (χ2v) is 2.85. The summed E-state index contributed by atoms with van der Waals surface area (Å²) in [5.74, 6) is 0. The molecule has 0 saturated carbocycles. The van der Waals surface area contributed by atoms with Gasteiger partial charge in [0.2, 0.25) is 0 Å². The summed E-state index contributed by atoms with van der Waals surface area (Å²) < 4.78 is 9.95. The molecule has 5 nitrogen and oxygen atoms in total. The van der Waals surface area contributed by atoms with E-state index in [4.69, 9.17) is 14.6 Å². The van der Waals surface area contributed by atoms with Gasteiger partial charge in [-0.05, 0) is 0 Å². The van der Waals surface area contributed by atoms with Crippen molar-refractivity contribution in [2.45, 2.75) is 30.7 Å². The van der Waals surface area contributed by atoms with Crippen molar-refractivity contribution < 1.29 is 24.8 Å². The zero-order valence-electron chi connectivity index (χ0n) is 5.75. The molecule has 2 rings (SSSR count). The van der Waals surface area contributed by atoms with Gasteiger partial charge in [-0.2, -0.15) is 0 Å². The molecule has 0 spiro atoms. The number of rotatable bonds is 0. The van der Waals surface area contributed by atoms with Gasteiger partial charge in [-0.1, -0.05) is 0 Å². The lowest BCUT2D eigenvalue weighted by Gasteiger charge is -2.32. The lowest BCUT2D eigenvalue weighted by Crippen LogP contribution is -2.53. The molecule has 1 unspecified atom stereocenters. The fourth-order valence-corrected chi connectivity index (χ4v) is 1.38. The van der Waals surface area contributed by atoms with Gasteiger partial charge >= 0.3 is 0 Å². The van der Waals surface area contributed by atoms with Crippen molar-refractivity contribution in [3.05, 3.63) is 0 Å². The molecule has 2 bridgehead atoms. The minimum atomic E-state index is -1.15. The van der Waals surface area contributed by atoms with Crippen molar-refractivity contribution in [2.24, 2.45) is 0 Å². The molecule has 0 aromatic carbocycles. The molecule has 0 aliphatic carbocycles. The van der Waals surface area contributed by atoms with E-state index >= 15 is 0 Å². The number of aliphatic hydroxyl groups excluding tert-OH is 3. The first-order chi connectivity index (χ1) is 5.20. The monoisotopic (exact) mass is 162 g/mol. The highest BCUT2D eigenvalue weighted by molar-refractivity contribution is 4.92. The molecule has 5 atom stereocenters. The van der Waals surface area contributed by atoms with Crippen molar-refractivity contribution in [2.75, 3.05) is 6.61 Å². The number of ether oxygens (including phenoxy) is 2. The maximum atomic E-state index is 9.22. The van der Waals surface area contributed by atoms with Crippen molar-refractivity contribution in [3.8, 4) is 0 Å². The Morgan fingerprint density at radius 2 is 1.73 bits per heavy atom. The fourth-order valence-electron chi connectivity index (χ4n) is 1.38. The largest absolute Gasteiger partial charge is 0.387 e. The SMILES string of the molecule is O[C@H]1[C@H](O)[C@H]2COC(O2)[C@H]1O. The smallest absolute Gasteiger partial charge is 0.186 e. The standard InChI is InChI=1S/C6H10O5/c7-3-2-1-10-6(11-2)5(9)4(3)8/h2-9H,1H2/t2-,3-,4+,5+,6?/m1/s1. The van der Waals surface area contributed by atoms with Crippen LogP contribution in [-0.4, -0.2) is 52.6 Å². The molecule has 2 aliphatic heterocycles. The summed E-state index contributed by atoms with van der Waals surface area (Å²) in [6.07, 6.45) is -4.58. The summed E-state index contributed by atoms with van der Waals surface area (Å²) in [5.41, 5.74) is 0. The maximum Gasteiger partial charge on any atom is 0.186 e. The van der Waals surface area contributed by atoms with Crippen LogP contribution in [0.5, 0.6) is 0 Å². The third kappa shape index (κ3) is 0.969.